The van der Waals surface area contributed by atoms with Gasteiger partial charge in [-0.25, -0.2) is 0 Å². The molecule has 4 aliphatic rings. The maximum atomic E-state index is 12.5. The van der Waals surface area contributed by atoms with Gasteiger partial charge in [-0.3, -0.25) is 4.79 Å². The van der Waals surface area contributed by atoms with Crippen molar-refractivity contribution < 1.29 is 9.21 Å². The summed E-state index contributed by atoms with van der Waals surface area (Å²) in [7, 11) is 0. The molecule has 1 heterocycles. The van der Waals surface area contributed by atoms with E-state index in [1.165, 1.54) is 43.9 Å². The third-order valence-corrected chi connectivity index (χ3v) is 7.37. The zero-order chi connectivity index (χ0) is 18.4. The number of thioether (sulfide) groups is 1. The Hall–Kier alpha value is -1.82. The van der Waals surface area contributed by atoms with E-state index in [1.807, 2.05) is 31.2 Å². The van der Waals surface area contributed by atoms with E-state index in [-0.39, 0.29) is 5.91 Å². The number of nitrogens with one attached hydrogen (secondary N) is 1. The van der Waals surface area contributed by atoms with Crippen molar-refractivity contribution in [1.29, 1.82) is 0 Å². The number of amides is 1. The molecule has 4 bridgehead atoms. The van der Waals surface area contributed by atoms with Gasteiger partial charge in [0, 0.05) is 11.6 Å². The van der Waals surface area contributed by atoms with Crippen LogP contribution in [0.2, 0.25) is 0 Å². The van der Waals surface area contributed by atoms with Crippen LogP contribution >= 0.6 is 11.8 Å². The number of carbonyl (C=O) groups is 1. The van der Waals surface area contributed by atoms with E-state index in [4.69, 9.17) is 4.42 Å². The van der Waals surface area contributed by atoms with Crippen LogP contribution in [0.1, 0.15) is 37.7 Å². The molecule has 4 fully saturated rings. The van der Waals surface area contributed by atoms with Gasteiger partial charge in [-0.05, 0) is 74.8 Å². The highest BCUT2D eigenvalue weighted by atomic mass is 32.2. The molecule has 0 atom stereocenters. The van der Waals surface area contributed by atoms with Crippen molar-refractivity contribution in [2.75, 3.05) is 5.75 Å². The first-order valence-electron chi connectivity index (χ1n) is 9.97. The summed E-state index contributed by atoms with van der Waals surface area (Å²) in [6.07, 6.45) is 6.69. The fourth-order valence-electron chi connectivity index (χ4n) is 5.68. The molecule has 1 aromatic carbocycles. The number of aryl methyl sites for hydroxylation is 1. The Labute approximate surface area is 163 Å². The van der Waals surface area contributed by atoms with Gasteiger partial charge in [-0.2, -0.15) is 0 Å². The molecule has 6 heteroatoms. The average molecular weight is 384 g/mol. The summed E-state index contributed by atoms with van der Waals surface area (Å²) in [4.78, 5) is 12.5. The van der Waals surface area contributed by atoms with Gasteiger partial charge in [0.1, 0.15) is 0 Å². The van der Waals surface area contributed by atoms with Crippen molar-refractivity contribution in [3.05, 3.63) is 29.8 Å². The molecule has 0 saturated heterocycles. The van der Waals surface area contributed by atoms with Gasteiger partial charge in [-0.15, -0.1) is 10.2 Å². The van der Waals surface area contributed by atoms with E-state index in [1.54, 1.807) is 0 Å². The van der Waals surface area contributed by atoms with Crippen molar-refractivity contribution in [1.82, 2.24) is 15.5 Å². The molecular formula is C21H25N3O2S. The molecule has 0 radical (unpaired) electrons. The van der Waals surface area contributed by atoms with E-state index in [0.29, 0.717) is 34.7 Å². The molecule has 6 rings (SSSR count). The monoisotopic (exact) mass is 383 g/mol. The Bertz CT molecular complexity index is 821. The molecule has 1 aromatic heterocycles. The van der Waals surface area contributed by atoms with Crippen LogP contribution in [0.4, 0.5) is 0 Å². The summed E-state index contributed by atoms with van der Waals surface area (Å²) >= 11 is 1.32. The lowest BCUT2D eigenvalue weighted by Crippen LogP contribution is -2.56. The van der Waals surface area contributed by atoms with Crippen LogP contribution in [0.5, 0.6) is 0 Å². The number of hydrogen-bond acceptors (Lipinski definition) is 5. The molecule has 27 heavy (non-hydrogen) atoms. The Kier molecular flexibility index (Phi) is 4.46. The van der Waals surface area contributed by atoms with Gasteiger partial charge < -0.3 is 9.73 Å². The Morgan fingerprint density at radius 2 is 1.89 bits per heavy atom. The SMILES string of the molecule is Cc1cccc(-c2nnc(SCC(=O)NC3C4CC5CC(C4)CC3C5)o2)c1. The number of aromatic nitrogens is 2. The van der Waals surface area contributed by atoms with Gasteiger partial charge in [0.05, 0.1) is 5.75 Å². The molecule has 4 saturated carbocycles. The third-order valence-electron chi connectivity index (χ3n) is 6.55. The number of carbonyl (C=O) groups excluding carboxylic acids is 1. The molecule has 4 aliphatic carbocycles. The lowest BCUT2D eigenvalue weighted by Gasteiger charge is -2.54. The summed E-state index contributed by atoms with van der Waals surface area (Å²) in [5.74, 6) is 4.17. The normalized spacial score (nSPS) is 31.2. The summed E-state index contributed by atoms with van der Waals surface area (Å²) < 4.78 is 5.72. The topological polar surface area (TPSA) is 68.0 Å². The summed E-state index contributed by atoms with van der Waals surface area (Å²) in [5.41, 5.74) is 2.06. The van der Waals surface area contributed by atoms with Crippen LogP contribution in [0.15, 0.2) is 33.9 Å². The second-order valence-electron chi connectivity index (χ2n) is 8.56. The van der Waals surface area contributed by atoms with Crippen molar-refractivity contribution in [3.63, 3.8) is 0 Å². The van der Waals surface area contributed by atoms with Gasteiger partial charge in [-0.1, -0.05) is 29.5 Å². The van der Waals surface area contributed by atoms with Gasteiger partial charge >= 0.3 is 0 Å². The molecule has 1 N–H and O–H groups in total. The van der Waals surface area contributed by atoms with Gasteiger partial charge in [0.15, 0.2) is 0 Å². The number of nitrogens with zero attached hydrogens (tertiary/aromatic N) is 2. The van der Waals surface area contributed by atoms with Crippen LogP contribution in [0.3, 0.4) is 0 Å². The number of hydrogen-bond donors (Lipinski definition) is 1. The van der Waals surface area contributed by atoms with Crippen LogP contribution in [0, 0.1) is 30.6 Å². The Morgan fingerprint density at radius 1 is 1.15 bits per heavy atom. The highest BCUT2D eigenvalue weighted by Crippen LogP contribution is 2.53. The summed E-state index contributed by atoms with van der Waals surface area (Å²) in [6.45, 7) is 2.03. The second-order valence-corrected chi connectivity index (χ2v) is 9.48. The van der Waals surface area contributed by atoms with Crippen LogP contribution < -0.4 is 5.32 Å². The molecular weight excluding hydrogens is 358 g/mol. The molecule has 5 nitrogen and oxygen atoms in total. The smallest absolute Gasteiger partial charge is 0.277 e. The summed E-state index contributed by atoms with van der Waals surface area (Å²) in [6, 6.07) is 8.36. The zero-order valence-corrected chi connectivity index (χ0v) is 16.4. The van der Waals surface area contributed by atoms with Crippen molar-refractivity contribution in [3.8, 4) is 11.5 Å². The fourth-order valence-corrected chi connectivity index (χ4v) is 6.25. The maximum Gasteiger partial charge on any atom is 0.277 e. The predicted molar refractivity (Wildman–Crippen MR) is 104 cm³/mol. The lowest BCUT2D eigenvalue weighted by molar-refractivity contribution is -0.122. The van der Waals surface area contributed by atoms with E-state index < -0.39 is 0 Å². The minimum Gasteiger partial charge on any atom is -0.411 e. The average Bonchev–Trinajstić information content (AvgIpc) is 3.11. The number of rotatable bonds is 5. The molecule has 0 unspecified atom stereocenters. The van der Waals surface area contributed by atoms with Crippen LogP contribution in [-0.2, 0) is 4.79 Å². The largest absolute Gasteiger partial charge is 0.411 e. The first kappa shape index (κ1) is 17.3. The van der Waals surface area contributed by atoms with Crippen molar-refractivity contribution in [2.24, 2.45) is 23.7 Å². The lowest BCUT2D eigenvalue weighted by atomic mass is 9.54. The van der Waals surface area contributed by atoms with E-state index in [0.717, 1.165) is 23.0 Å². The fraction of sp³-hybridized carbons (Fsp3) is 0.571. The first-order chi connectivity index (χ1) is 13.1. The second kappa shape index (κ2) is 6.97. The Balaban J connectivity index is 1.17. The maximum absolute atomic E-state index is 12.5. The van der Waals surface area contributed by atoms with E-state index in [2.05, 4.69) is 15.5 Å². The summed E-state index contributed by atoms with van der Waals surface area (Å²) in [5, 5.41) is 12.0. The standard InChI is InChI=1S/C21H25N3O2S/c1-12-3-2-4-15(5-12)20-23-24-21(26-20)27-11-18(25)22-19-16-7-13-6-14(9-16)10-17(19)8-13/h2-5,13-14,16-17,19H,6-11H2,1H3,(H,22,25). The third kappa shape index (κ3) is 3.51. The number of benzene rings is 1. The van der Waals surface area contributed by atoms with E-state index in [9.17, 15) is 4.79 Å². The van der Waals surface area contributed by atoms with Gasteiger partial charge in [0.25, 0.3) is 5.22 Å². The van der Waals surface area contributed by atoms with Crippen molar-refractivity contribution >= 4 is 17.7 Å². The highest BCUT2D eigenvalue weighted by Gasteiger charge is 2.48. The first-order valence-corrected chi connectivity index (χ1v) is 11.0. The van der Waals surface area contributed by atoms with Crippen molar-refractivity contribution in [2.45, 2.75) is 50.3 Å². The highest BCUT2D eigenvalue weighted by molar-refractivity contribution is 7.99. The quantitative estimate of drug-likeness (QED) is 0.788. The zero-order valence-electron chi connectivity index (χ0n) is 15.6. The van der Waals surface area contributed by atoms with Crippen LogP contribution in [0.25, 0.3) is 11.5 Å². The Morgan fingerprint density at radius 3 is 2.59 bits per heavy atom. The molecule has 142 valence electrons. The molecule has 2 aromatic rings. The minimum absolute atomic E-state index is 0.0905. The molecule has 0 aliphatic heterocycles. The minimum atomic E-state index is 0.0905. The molecule has 1 amide bonds. The van der Waals surface area contributed by atoms with E-state index >= 15 is 0 Å². The molecule has 0 spiro atoms. The predicted octanol–water partition coefficient (Wildman–Crippen LogP) is 4.08. The van der Waals surface area contributed by atoms with Gasteiger partial charge in [0.2, 0.25) is 11.8 Å². The van der Waals surface area contributed by atoms with Crippen LogP contribution in [-0.4, -0.2) is 27.9 Å².